The zero-order chi connectivity index (χ0) is 19.8. The third-order valence-corrected chi connectivity index (χ3v) is 4.66. The van der Waals surface area contributed by atoms with Crippen LogP contribution in [-0.4, -0.2) is 41.5 Å². The van der Waals surface area contributed by atoms with Gasteiger partial charge in [-0.15, -0.1) is 0 Å². The fourth-order valence-corrected chi connectivity index (χ4v) is 3.24. The number of likely N-dealkylation sites (tertiary alicyclic amines) is 1. The van der Waals surface area contributed by atoms with Gasteiger partial charge in [-0.1, -0.05) is 30.3 Å². The van der Waals surface area contributed by atoms with E-state index in [-0.39, 0.29) is 16.7 Å². The monoisotopic (exact) mass is 382 g/mol. The molecule has 7 heteroatoms. The summed E-state index contributed by atoms with van der Waals surface area (Å²) < 4.78 is 6.06. The number of nitro benzene ring substituents is 1. The average molecular weight is 382 g/mol. The van der Waals surface area contributed by atoms with Crippen molar-refractivity contribution in [3.8, 4) is 5.75 Å². The molecular formula is C21H26N4O3. The maximum Gasteiger partial charge on any atom is 0.269 e. The summed E-state index contributed by atoms with van der Waals surface area (Å²) in [5, 5.41) is 14.3. The van der Waals surface area contributed by atoms with Gasteiger partial charge in [0.25, 0.3) is 5.69 Å². The van der Waals surface area contributed by atoms with E-state index >= 15 is 0 Å². The van der Waals surface area contributed by atoms with Gasteiger partial charge in [0.05, 0.1) is 11.5 Å². The van der Waals surface area contributed by atoms with Crippen molar-refractivity contribution in [3.63, 3.8) is 0 Å². The van der Waals surface area contributed by atoms with Gasteiger partial charge < -0.3 is 15.0 Å². The first-order valence-corrected chi connectivity index (χ1v) is 9.64. The van der Waals surface area contributed by atoms with Gasteiger partial charge in [0, 0.05) is 44.6 Å². The van der Waals surface area contributed by atoms with Gasteiger partial charge in [-0.3, -0.25) is 10.1 Å². The van der Waals surface area contributed by atoms with E-state index < -0.39 is 0 Å². The van der Waals surface area contributed by atoms with E-state index in [2.05, 4.69) is 15.2 Å². The minimum atomic E-state index is -0.379. The van der Waals surface area contributed by atoms with Crippen molar-refractivity contribution in [3.05, 3.63) is 70.3 Å². The van der Waals surface area contributed by atoms with E-state index in [1.807, 2.05) is 43.3 Å². The number of rotatable bonds is 6. The lowest BCUT2D eigenvalue weighted by molar-refractivity contribution is -0.384. The van der Waals surface area contributed by atoms with E-state index in [4.69, 9.17) is 4.74 Å². The number of piperidine rings is 1. The predicted octanol–water partition coefficient (Wildman–Crippen LogP) is 3.60. The number of benzene rings is 2. The molecule has 0 aromatic heterocycles. The Kier molecular flexibility index (Phi) is 6.84. The van der Waals surface area contributed by atoms with Gasteiger partial charge in [0.1, 0.15) is 11.9 Å². The zero-order valence-corrected chi connectivity index (χ0v) is 16.1. The second kappa shape index (κ2) is 9.73. The Morgan fingerprint density at radius 1 is 1.21 bits per heavy atom. The topological polar surface area (TPSA) is 80.0 Å². The molecule has 0 radical (unpaired) electrons. The highest BCUT2D eigenvalue weighted by atomic mass is 16.6. The van der Waals surface area contributed by atoms with Crippen molar-refractivity contribution in [1.82, 2.24) is 10.2 Å². The standard InChI is InChI=1S/C21H26N4O3/c1-2-22-21(23-16-17-7-6-8-18(15-17)25(26)27)24-13-11-20(12-14-24)28-19-9-4-3-5-10-19/h3-10,15,20H,2,11-14,16H2,1H3,(H,22,23). The van der Waals surface area contributed by atoms with Crippen LogP contribution in [0, 0.1) is 10.1 Å². The van der Waals surface area contributed by atoms with Crippen LogP contribution in [0.1, 0.15) is 25.3 Å². The number of nitrogens with zero attached hydrogens (tertiary/aromatic N) is 3. The lowest BCUT2D eigenvalue weighted by Crippen LogP contribution is -2.47. The number of ether oxygens (including phenoxy) is 1. The average Bonchev–Trinajstić information content (AvgIpc) is 2.73. The van der Waals surface area contributed by atoms with Gasteiger partial charge in [-0.25, -0.2) is 4.99 Å². The fourth-order valence-electron chi connectivity index (χ4n) is 3.24. The number of para-hydroxylation sites is 1. The number of nitrogens with one attached hydrogen (secondary N) is 1. The van der Waals surface area contributed by atoms with Crippen LogP contribution >= 0.6 is 0 Å². The Bertz CT molecular complexity index is 802. The molecule has 0 spiro atoms. The molecule has 0 unspecified atom stereocenters. The van der Waals surface area contributed by atoms with E-state index in [1.165, 1.54) is 6.07 Å². The molecule has 3 rings (SSSR count). The van der Waals surface area contributed by atoms with Gasteiger partial charge >= 0.3 is 0 Å². The van der Waals surface area contributed by atoms with Gasteiger partial charge in [0.2, 0.25) is 0 Å². The lowest BCUT2D eigenvalue weighted by atomic mass is 10.1. The van der Waals surface area contributed by atoms with Crippen LogP contribution in [0.4, 0.5) is 5.69 Å². The second-order valence-electron chi connectivity index (χ2n) is 6.71. The Labute approximate surface area is 165 Å². The highest BCUT2D eigenvalue weighted by Gasteiger charge is 2.22. The van der Waals surface area contributed by atoms with Gasteiger partial charge in [-0.2, -0.15) is 0 Å². The van der Waals surface area contributed by atoms with Gasteiger partial charge in [0.15, 0.2) is 5.96 Å². The van der Waals surface area contributed by atoms with Crippen molar-refractivity contribution in [2.24, 2.45) is 4.99 Å². The lowest BCUT2D eigenvalue weighted by Gasteiger charge is -2.34. The number of guanidine groups is 1. The normalized spacial score (nSPS) is 15.3. The van der Waals surface area contributed by atoms with Crippen molar-refractivity contribution >= 4 is 11.6 Å². The molecule has 148 valence electrons. The quantitative estimate of drug-likeness (QED) is 0.357. The van der Waals surface area contributed by atoms with Crippen LogP contribution in [0.2, 0.25) is 0 Å². The van der Waals surface area contributed by atoms with Crippen LogP contribution in [0.15, 0.2) is 59.6 Å². The minimum Gasteiger partial charge on any atom is -0.490 e. The fraction of sp³-hybridized carbons (Fsp3) is 0.381. The molecule has 0 atom stereocenters. The number of nitro groups is 1. The zero-order valence-electron chi connectivity index (χ0n) is 16.1. The summed E-state index contributed by atoms with van der Waals surface area (Å²) in [6, 6.07) is 16.5. The molecular weight excluding hydrogens is 356 g/mol. The Morgan fingerprint density at radius 2 is 1.96 bits per heavy atom. The molecule has 7 nitrogen and oxygen atoms in total. The molecule has 2 aromatic rings. The smallest absolute Gasteiger partial charge is 0.269 e. The summed E-state index contributed by atoms with van der Waals surface area (Å²) in [4.78, 5) is 17.5. The predicted molar refractivity (Wildman–Crippen MR) is 110 cm³/mol. The largest absolute Gasteiger partial charge is 0.490 e. The molecule has 1 aliphatic rings. The van der Waals surface area contributed by atoms with E-state index in [0.29, 0.717) is 6.54 Å². The number of non-ortho nitro benzene ring substituents is 1. The van der Waals surface area contributed by atoms with Crippen molar-refractivity contribution in [1.29, 1.82) is 0 Å². The van der Waals surface area contributed by atoms with Crippen LogP contribution < -0.4 is 10.1 Å². The molecule has 1 saturated heterocycles. The summed E-state index contributed by atoms with van der Waals surface area (Å²) in [7, 11) is 0. The Morgan fingerprint density at radius 3 is 2.64 bits per heavy atom. The maximum absolute atomic E-state index is 10.9. The molecule has 2 aromatic carbocycles. The van der Waals surface area contributed by atoms with E-state index in [0.717, 1.165) is 49.7 Å². The number of hydrogen-bond donors (Lipinski definition) is 1. The van der Waals surface area contributed by atoms with E-state index in [1.54, 1.807) is 12.1 Å². The summed E-state index contributed by atoms with van der Waals surface area (Å²) >= 11 is 0. The first kappa shape index (κ1) is 19.7. The molecule has 1 fully saturated rings. The third kappa shape index (κ3) is 5.45. The summed E-state index contributed by atoms with van der Waals surface area (Å²) in [5.74, 6) is 1.75. The summed E-state index contributed by atoms with van der Waals surface area (Å²) in [6.07, 6.45) is 2.06. The molecule has 0 bridgehead atoms. The van der Waals surface area contributed by atoms with Crippen LogP contribution in [-0.2, 0) is 6.54 Å². The van der Waals surface area contributed by atoms with Gasteiger partial charge in [-0.05, 0) is 24.6 Å². The molecule has 0 aliphatic carbocycles. The molecule has 1 heterocycles. The Hall–Kier alpha value is -3.09. The number of aliphatic imine (C=N–C) groups is 1. The summed E-state index contributed by atoms with van der Waals surface area (Å²) in [5.41, 5.74) is 0.920. The SMILES string of the molecule is CCNC(=NCc1cccc([N+](=O)[O-])c1)N1CCC(Oc2ccccc2)CC1. The number of hydrogen-bond acceptors (Lipinski definition) is 4. The van der Waals surface area contributed by atoms with Crippen LogP contribution in [0.25, 0.3) is 0 Å². The molecule has 0 saturated carbocycles. The molecule has 1 N–H and O–H groups in total. The van der Waals surface area contributed by atoms with Crippen LogP contribution in [0.3, 0.4) is 0 Å². The summed E-state index contributed by atoms with van der Waals surface area (Å²) in [6.45, 7) is 4.93. The second-order valence-corrected chi connectivity index (χ2v) is 6.71. The van der Waals surface area contributed by atoms with Crippen molar-refractivity contribution in [2.45, 2.75) is 32.4 Å². The highest BCUT2D eigenvalue weighted by Crippen LogP contribution is 2.19. The molecule has 28 heavy (non-hydrogen) atoms. The van der Waals surface area contributed by atoms with E-state index in [9.17, 15) is 10.1 Å². The first-order valence-electron chi connectivity index (χ1n) is 9.64. The van der Waals surface area contributed by atoms with Crippen molar-refractivity contribution < 1.29 is 9.66 Å². The molecule has 1 aliphatic heterocycles. The third-order valence-electron chi connectivity index (χ3n) is 4.66. The minimum absolute atomic E-state index is 0.0941. The molecule has 0 amide bonds. The highest BCUT2D eigenvalue weighted by molar-refractivity contribution is 5.80. The maximum atomic E-state index is 10.9. The first-order chi connectivity index (χ1) is 13.7. The van der Waals surface area contributed by atoms with Crippen molar-refractivity contribution in [2.75, 3.05) is 19.6 Å². The Balaban J connectivity index is 1.59. The van der Waals surface area contributed by atoms with Crippen LogP contribution in [0.5, 0.6) is 5.75 Å².